The van der Waals surface area contributed by atoms with Crippen LogP contribution in [-0.4, -0.2) is 35.9 Å². The minimum atomic E-state index is -0.553. The van der Waals surface area contributed by atoms with E-state index >= 15 is 0 Å². The largest absolute Gasteiger partial charge is 0.457 e. The van der Waals surface area contributed by atoms with E-state index in [2.05, 4.69) is 15.9 Å². The summed E-state index contributed by atoms with van der Waals surface area (Å²) in [6, 6.07) is 0. The molecule has 0 aliphatic carbocycles. The predicted octanol–water partition coefficient (Wildman–Crippen LogP) is 2.00. The van der Waals surface area contributed by atoms with Crippen molar-refractivity contribution in [1.29, 1.82) is 0 Å². The first-order valence-electron chi connectivity index (χ1n) is 5.54. The van der Waals surface area contributed by atoms with E-state index in [-0.39, 0.29) is 12.1 Å². The molecule has 0 spiro atoms. The van der Waals surface area contributed by atoms with Crippen molar-refractivity contribution in [3.05, 3.63) is 0 Å². The molecule has 2 aliphatic heterocycles. The van der Waals surface area contributed by atoms with E-state index in [1.807, 2.05) is 6.92 Å². The first-order valence-corrected chi connectivity index (χ1v) is 6.66. The van der Waals surface area contributed by atoms with Gasteiger partial charge in [-0.25, -0.2) is 0 Å². The van der Waals surface area contributed by atoms with Gasteiger partial charge in [-0.05, 0) is 19.8 Å². The highest BCUT2D eigenvalue weighted by atomic mass is 79.9. The molecule has 0 bridgehead atoms. The number of esters is 1. The molecule has 0 saturated carbocycles. The van der Waals surface area contributed by atoms with Crippen LogP contribution in [0.4, 0.5) is 0 Å². The van der Waals surface area contributed by atoms with Crippen molar-refractivity contribution < 1.29 is 19.0 Å². The Morgan fingerprint density at radius 1 is 1.56 bits per heavy atom. The van der Waals surface area contributed by atoms with E-state index < -0.39 is 11.4 Å². The third-order valence-corrected chi connectivity index (χ3v) is 4.43. The number of carbonyl (C=O) groups excluding carboxylic acids is 1. The SMILES string of the molecule is COC1(CBr)CCC(C2(C)CCC(=O)O2)O1. The van der Waals surface area contributed by atoms with Gasteiger partial charge < -0.3 is 14.2 Å². The normalized spacial score (nSPS) is 43.7. The number of rotatable bonds is 3. The van der Waals surface area contributed by atoms with Gasteiger partial charge in [0.15, 0.2) is 5.79 Å². The fourth-order valence-corrected chi connectivity index (χ4v) is 3.04. The first-order chi connectivity index (χ1) is 7.53. The molecule has 3 atom stereocenters. The number of ether oxygens (including phenoxy) is 3. The lowest BCUT2D eigenvalue weighted by molar-refractivity contribution is -0.224. The summed E-state index contributed by atoms with van der Waals surface area (Å²) < 4.78 is 16.7. The van der Waals surface area contributed by atoms with Crippen LogP contribution in [0.5, 0.6) is 0 Å². The Bertz CT molecular complexity index is 290. The Kier molecular flexibility index (Phi) is 3.29. The minimum absolute atomic E-state index is 0.0588. The van der Waals surface area contributed by atoms with Crippen molar-refractivity contribution in [3.63, 3.8) is 0 Å². The highest BCUT2D eigenvalue weighted by molar-refractivity contribution is 9.09. The van der Waals surface area contributed by atoms with Gasteiger partial charge in [0.25, 0.3) is 0 Å². The summed E-state index contributed by atoms with van der Waals surface area (Å²) in [7, 11) is 1.65. The second-order valence-electron chi connectivity index (χ2n) is 4.68. The van der Waals surface area contributed by atoms with Gasteiger partial charge in [-0.1, -0.05) is 15.9 Å². The van der Waals surface area contributed by atoms with Gasteiger partial charge in [-0.2, -0.15) is 0 Å². The zero-order valence-corrected chi connectivity index (χ0v) is 11.2. The summed E-state index contributed by atoms with van der Waals surface area (Å²) in [6.07, 6.45) is 2.86. The lowest BCUT2D eigenvalue weighted by Crippen LogP contribution is -2.42. The molecule has 0 aromatic carbocycles. The third-order valence-electron chi connectivity index (χ3n) is 3.57. The van der Waals surface area contributed by atoms with Crippen LogP contribution < -0.4 is 0 Å². The number of carbonyl (C=O) groups is 1. The monoisotopic (exact) mass is 292 g/mol. The number of halogens is 1. The van der Waals surface area contributed by atoms with Gasteiger partial charge in [0.2, 0.25) is 0 Å². The van der Waals surface area contributed by atoms with Crippen LogP contribution in [0.2, 0.25) is 0 Å². The Hall–Kier alpha value is -0.130. The second kappa shape index (κ2) is 4.27. The number of alkyl halides is 1. The van der Waals surface area contributed by atoms with Crippen molar-refractivity contribution in [1.82, 2.24) is 0 Å². The molecule has 0 amide bonds. The van der Waals surface area contributed by atoms with Crippen LogP contribution >= 0.6 is 15.9 Å². The predicted molar refractivity (Wildman–Crippen MR) is 61.4 cm³/mol. The van der Waals surface area contributed by atoms with E-state index in [0.29, 0.717) is 11.8 Å². The third kappa shape index (κ3) is 2.00. The van der Waals surface area contributed by atoms with Crippen LogP contribution in [0.15, 0.2) is 0 Å². The number of hydrogen-bond acceptors (Lipinski definition) is 4. The molecular formula is C11H17BrO4. The van der Waals surface area contributed by atoms with Crippen molar-refractivity contribution in [2.24, 2.45) is 0 Å². The summed E-state index contributed by atoms with van der Waals surface area (Å²) in [4.78, 5) is 11.2. The molecule has 2 rings (SSSR count). The molecule has 5 heteroatoms. The average molecular weight is 293 g/mol. The van der Waals surface area contributed by atoms with Crippen molar-refractivity contribution >= 4 is 21.9 Å². The molecule has 2 aliphatic rings. The van der Waals surface area contributed by atoms with Crippen molar-refractivity contribution in [3.8, 4) is 0 Å². The number of cyclic esters (lactones) is 1. The molecule has 3 unspecified atom stereocenters. The Labute approximate surface area is 104 Å². The van der Waals surface area contributed by atoms with Gasteiger partial charge in [0.1, 0.15) is 11.7 Å². The summed E-state index contributed by atoms with van der Waals surface area (Å²) in [6.45, 7) is 1.95. The highest BCUT2D eigenvalue weighted by Crippen LogP contribution is 2.42. The molecule has 92 valence electrons. The summed E-state index contributed by atoms with van der Waals surface area (Å²) >= 11 is 3.40. The zero-order valence-electron chi connectivity index (χ0n) is 9.62. The Morgan fingerprint density at radius 3 is 2.75 bits per heavy atom. The van der Waals surface area contributed by atoms with Crippen molar-refractivity contribution in [2.75, 3.05) is 12.4 Å². The molecule has 2 heterocycles. The highest BCUT2D eigenvalue weighted by Gasteiger charge is 2.51. The van der Waals surface area contributed by atoms with Crippen LogP contribution in [-0.2, 0) is 19.0 Å². The standard InChI is InChI=1S/C11H17BrO4/c1-10(5-4-9(13)16-10)8-3-6-11(7-12,14-2)15-8/h8H,3-7H2,1-2H3. The van der Waals surface area contributed by atoms with Crippen LogP contribution in [0, 0.1) is 0 Å². The fourth-order valence-electron chi connectivity index (χ4n) is 2.40. The molecule has 0 aromatic rings. The smallest absolute Gasteiger partial charge is 0.306 e. The molecule has 2 saturated heterocycles. The number of methoxy groups -OCH3 is 1. The molecule has 0 N–H and O–H groups in total. The second-order valence-corrected chi connectivity index (χ2v) is 5.24. The maximum absolute atomic E-state index is 11.2. The summed E-state index contributed by atoms with van der Waals surface area (Å²) in [5.41, 5.74) is -0.473. The topological polar surface area (TPSA) is 44.8 Å². The van der Waals surface area contributed by atoms with E-state index in [1.165, 1.54) is 0 Å². The minimum Gasteiger partial charge on any atom is -0.457 e. The fraction of sp³-hybridized carbons (Fsp3) is 0.909. The molecule has 2 fully saturated rings. The molecule has 0 radical (unpaired) electrons. The number of hydrogen-bond donors (Lipinski definition) is 0. The van der Waals surface area contributed by atoms with Crippen molar-refractivity contribution in [2.45, 2.75) is 50.1 Å². The Balaban J connectivity index is 2.06. The molecule has 16 heavy (non-hydrogen) atoms. The molecular weight excluding hydrogens is 276 g/mol. The zero-order chi connectivity index (χ0) is 11.8. The van der Waals surface area contributed by atoms with E-state index in [1.54, 1.807) is 7.11 Å². The quantitative estimate of drug-likeness (QED) is 0.590. The van der Waals surface area contributed by atoms with E-state index in [9.17, 15) is 4.79 Å². The maximum atomic E-state index is 11.2. The van der Waals surface area contributed by atoms with E-state index in [0.717, 1.165) is 19.3 Å². The van der Waals surface area contributed by atoms with Gasteiger partial charge in [-0.3, -0.25) is 4.79 Å². The lowest BCUT2D eigenvalue weighted by Gasteiger charge is -2.32. The summed E-state index contributed by atoms with van der Waals surface area (Å²) in [5.74, 6) is -0.678. The lowest BCUT2D eigenvalue weighted by atomic mass is 9.93. The van der Waals surface area contributed by atoms with Gasteiger partial charge in [0, 0.05) is 20.0 Å². The maximum Gasteiger partial charge on any atom is 0.306 e. The van der Waals surface area contributed by atoms with Gasteiger partial charge >= 0.3 is 5.97 Å². The van der Waals surface area contributed by atoms with Crippen LogP contribution in [0.1, 0.15) is 32.6 Å². The molecule has 4 nitrogen and oxygen atoms in total. The average Bonchev–Trinajstić information content (AvgIpc) is 2.85. The van der Waals surface area contributed by atoms with E-state index in [4.69, 9.17) is 14.2 Å². The van der Waals surface area contributed by atoms with Crippen LogP contribution in [0.25, 0.3) is 0 Å². The van der Waals surface area contributed by atoms with Gasteiger partial charge in [-0.15, -0.1) is 0 Å². The van der Waals surface area contributed by atoms with Crippen LogP contribution in [0.3, 0.4) is 0 Å². The summed E-state index contributed by atoms with van der Waals surface area (Å²) in [5, 5.41) is 0.636. The van der Waals surface area contributed by atoms with Gasteiger partial charge in [0.05, 0.1) is 5.33 Å². The first kappa shape index (κ1) is 12.3. The molecule has 0 aromatic heterocycles. The Morgan fingerprint density at radius 2 is 2.31 bits per heavy atom.